The maximum absolute atomic E-state index is 12.9. The van der Waals surface area contributed by atoms with Crippen molar-refractivity contribution in [3.05, 3.63) is 54.1 Å². The Labute approximate surface area is 87.6 Å². The number of halogens is 1. The van der Waals surface area contributed by atoms with Gasteiger partial charge in [0.05, 0.1) is 6.20 Å². The van der Waals surface area contributed by atoms with Crippen LogP contribution in [0.15, 0.2) is 42.7 Å². The number of aromatic nitrogens is 1. The van der Waals surface area contributed by atoms with Crippen LogP contribution in [0.5, 0.6) is 0 Å². The fourth-order valence-corrected chi connectivity index (χ4v) is 1.40. The molecule has 3 heteroatoms. The van der Waals surface area contributed by atoms with Crippen LogP contribution < -0.4 is 5.73 Å². The molecule has 1 aromatic heterocycles. The number of nitrogens with zero attached hydrogens (tertiary/aromatic N) is 1. The van der Waals surface area contributed by atoms with Crippen LogP contribution in [0.3, 0.4) is 0 Å². The van der Waals surface area contributed by atoms with E-state index >= 15 is 0 Å². The van der Waals surface area contributed by atoms with E-state index in [1.54, 1.807) is 6.20 Å². The molecule has 0 spiro atoms. The molecule has 1 heterocycles. The van der Waals surface area contributed by atoms with Crippen molar-refractivity contribution in [1.82, 2.24) is 4.98 Å². The van der Waals surface area contributed by atoms with Crippen LogP contribution in [-0.2, 0) is 6.54 Å². The van der Waals surface area contributed by atoms with Gasteiger partial charge in [-0.2, -0.15) is 0 Å². The predicted molar refractivity (Wildman–Crippen MR) is 57.5 cm³/mol. The number of hydrogen-bond acceptors (Lipinski definition) is 2. The van der Waals surface area contributed by atoms with E-state index in [0.29, 0.717) is 6.54 Å². The van der Waals surface area contributed by atoms with E-state index in [4.69, 9.17) is 5.73 Å². The van der Waals surface area contributed by atoms with Crippen LogP contribution in [0.2, 0.25) is 0 Å². The van der Waals surface area contributed by atoms with Gasteiger partial charge in [0, 0.05) is 18.3 Å². The minimum atomic E-state index is -0.324. The van der Waals surface area contributed by atoms with E-state index in [-0.39, 0.29) is 5.82 Å². The van der Waals surface area contributed by atoms with Crippen LogP contribution in [0.25, 0.3) is 11.1 Å². The predicted octanol–water partition coefficient (Wildman–Crippen LogP) is 2.35. The average molecular weight is 202 g/mol. The Morgan fingerprint density at radius 3 is 2.40 bits per heavy atom. The first kappa shape index (κ1) is 9.80. The van der Waals surface area contributed by atoms with Gasteiger partial charge in [-0.05, 0) is 17.2 Å². The Kier molecular flexibility index (Phi) is 2.74. The summed E-state index contributed by atoms with van der Waals surface area (Å²) in [7, 11) is 0. The largest absolute Gasteiger partial charge is 0.326 e. The summed E-state index contributed by atoms with van der Waals surface area (Å²) in [5, 5.41) is 0. The van der Waals surface area contributed by atoms with Gasteiger partial charge < -0.3 is 5.73 Å². The molecule has 0 aliphatic heterocycles. The number of nitrogens with two attached hydrogens (primary N) is 1. The molecule has 76 valence electrons. The fraction of sp³-hybridized carbons (Fsp3) is 0.0833. The van der Waals surface area contributed by atoms with Gasteiger partial charge in [0.15, 0.2) is 0 Å². The van der Waals surface area contributed by atoms with Gasteiger partial charge in [0.2, 0.25) is 0 Å². The number of rotatable bonds is 2. The molecule has 0 aliphatic rings. The topological polar surface area (TPSA) is 38.9 Å². The van der Waals surface area contributed by atoms with Crippen LogP contribution in [-0.4, -0.2) is 4.98 Å². The molecular weight excluding hydrogens is 191 g/mol. The molecule has 2 rings (SSSR count). The van der Waals surface area contributed by atoms with E-state index in [2.05, 4.69) is 4.98 Å². The zero-order chi connectivity index (χ0) is 10.7. The molecule has 0 fully saturated rings. The maximum atomic E-state index is 12.9. The van der Waals surface area contributed by atoms with Crippen LogP contribution in [0.4, 0.5) is 4.39 Å². The summed E-state index contributed by atoms with van der Waals surface area (Å²) in [5.74, 6) is -0.324. The van der Waals surface area contributed by atoms with Gasteiger partial charge in [-0.3, -0.25) is 4.98 Å². The first-order chi connectivity index (χ1) is 7.29. The van der Waals surface area contributed by atoms with Gasteiger partial charge in [0.25, 0.3) is 0 Å². The van der Waals surface area contributed by atoms with E-state index in [1.807, 2.05) is 24.3 Å². The second-order valence-electron chi connectivity index (χ2n) is 3.29. The maximum Gasteiger partial charge on any atom is 0.142 e. The number of benzene rings is 1. The zero-order valence-corrected chi connectivity index (χ0v) is 8.15. The molecule has 2 nitrogen and oxygen atoms in total. The first-order valence-corrected chi connectivity index (χ1v) is 4.69. The Morgan fingerprint density at radius 2 is 1.80 bits per heavy atom. The van der Waals surface area contributed by atoms with Gasteiger partial charge in [-0.25, -0.2) is 4.39 Å². The summed E-state index contributed by atoms with van der Waals surface area (Å²) < 4.78 is 12.9. The third kappa shape index (κ3) is 2.19. The van der Waals surface area contributed by atoms with Gasteiger partial charge >= 0.3 is 0 Å². The Hall–Kier alpha value is -1.74. The fourth-order valence-electron chi connectivity index (χ4n) is 1.40. The summed E-state index contributed by atoms with van der Waals surface area (Å²) in [6.07, 6.45) is 2.83. The van der Waals surface area contributed by atoms with Crippen LogP contribution in [0.1, 0.15) is 5.56 Å². The highest BCUT2D eigenvalue weighted by molar-refractivity contribution is 5.62. The molecular formula is C12H11FN2. The average Bonchev–Trinajstić information content (AvgIpc) is 2.29. The standard InChI is InChI=1S/C12H11FN2/c13-12-5-11(7-15-8-12)10-3-1-9(6-14)2-4-10/h1-5,7-8H,6,14H2. The summed E-state index contributed by atoms with van der Waals surface area (Å²) in [6, 6.07) is 9.15. The number of pyridine rings is 1. The van der Waals surface area contributed by atoms with Crippen molar-refractivity contribution < 1.29 is 4.39 Å². The SMILES string of the molecule is NCc1ccc(-c2cncc(F)c2)cc1. The van der Waals surface area contributed by atoms with E-state index in [9.17, 15) is 4.39 Å². The van der Waals surface area contributed by atoms with Crippen molar-refractivity contribution in [2.45, 2.75) is 6.54 Å². The van der Waals surface area contributed by atoms with Crippen molar-refractivity contribution >= 4 is 0 Å². The van der Waals surface area contributed by atoms with Crippen molar-refractivity contribution in [3.63, 3.8) is 0 Å². The smallest absolute Gasteiger partial charge is 0.142 e. The lowest BCUT2D eigenvalue weighted by molar-refractivity contribution is 0.622. The lowest BCUT2D eigenvalue weighted by Gasteiger charge is -2.02. The molecule has 0 amide bonds. The summed E-state index contributed by atoms with van der Waals surface area (Å²) >= 11 is 0. The molecule has 0 saturated carbocycles. The third-order valence-corrected chi connectivity index (χ3v) is 2.23. The lowest BCUT2D eigenvalue weighted by atomic mass is 10.1. The molecule has 0 bridgehead atoms. The zero-order valence-electron chi connectivity index (χ0n) is 8.15. The van der Waals surface area contributed by atoms with Crippen molar-refractivity contribution in [3.8, 4) is 11.1 Å². The van der Waals surface area contributed by atoms with Crippen LogP contribution >= 0.6 is 0 Å². The van der Waals surface area contributed by atoms with Crippen molar-refractivity contribution in [2.24, 2.45) is 5.73 Å². The van der Waals surface area contributed by atoms with E-state index < -0.39 is 0 Å². The Morgan fingerprint density at radius 1 is 1.07 bits per heavy atom. The van der Waals surface area contributed by atoms with Crippen LogP contribution in [0, 0.1) is 5.82 Å². The summed E-state index contributed by atoms with van der Waals surface area (Å²) in [5.41, 5.74) is 8.27. The normalized spacial score (nSPS) is 10.3. The molecule has 0 radical (unpaired) electrons. The quantitative estimate of drug-likeness (QED) is 0.811. The minimum Gasteiger partial charge on any atom is -0.326 e. The second kappa shape index (κ2) is 4.19. The highest BCUT2D eigenvalue weighted by atomic mass is 19.1. The van der Waals surface area contributed by atoms with Gasteiger partial charge in [0.1, 0.15) is 5.82 Å². The van der Waals surface area contributed by atoms with E-state index in [0.717, 1.165) is 16.7 Å². The molecule has 0 saturated heterocycles. The Balaban J connectivity index is 2.37. The molecule has 0 atom stereocenters. The highest BCUT2D eigenvalue weighted by Gasteiger charge is 1.99. The van der Waals surface area contributed by atoms with Crippen molar-refractivity contribution in [1.29, 1.82) is 0 Å². The van der Waals surface area contributed by atoms with Crippen molar-refractivity contribution in [2.75, 3.05) is 0 Å². The lowest BCUT2D eigenvalue weighted by Crippen LogP contribution is -1.95. The highest BCUT2D eigenvalue weighted by Crippen LogP contribution is 2.19. The molecule has 0 aliphatic carbocycles. The second-order valence-corrected chi connectivity index (χ2v) is 3.29. The van der Waals surface area contributed by atoms with Gasteiger partial charge in [-0.1, -0.05) is 24.3 Å². The Bertz CT molecular complexity index is 451. The molecule has 1 aromatic carbocycles. The molecule has 15 heavy (non-hydrogen) atoms. The minimum absolute atomic E-state index is 0.324. The van der Waals surface area contributed by atoms with E-state index in [1.165, 1.54) is 12.3 Å². The van der Waals surface area contributed by atoms with Gasteiger partial charge in [-0.15, -0.1) is 0 Å². The summed E-state index contributed by atoms with van der Waals surface area (Å²) in [4.78, 5) is 3.80. The molecule has 2 aromatic rings. The number of hydrogen-bond donors (Lipinski definition) is 1. The first-order valence-electron chi connectivity index (χ1n) is 4.69. The third-order valence-electron chi connectivity index (χ3n) is 2.23. The molecule has 0 unspecified atom stereocenters. The molecule has 2 N–H and O–H groups in total. The summed E-state index contributed by atoms with van der Waals surface area (Å²) in [6.45, 7) is 0.516. The monoisotopic (exact) mass is 202 g/mol.